The fourth-order valence-corrected chi connectivity index (χ4v) is 1.78. The van der Waals surface area contributed by atoms with Gasteiger partial charge in [-0.05, 0) is 24.3 Å². The molecule has 0 atom stereocenters. The van der Waals surface area contributed by atoms with Crippen molar-refractivity contribution in [2.75, 3.05) is 19.0 Å². The summed E-state index contributed by atoms with van der Waals surface area (Å²) in [5, 5.41) is 6.92. The van der Waals surface area contributed by atoms with Gasteiger partial charge in [-0.1, -0.05) is 15.9 Å². The molecule has 1 N–H and O–H groups in total. The average molecular weight is 324 g/mol. The maximum Gasteiger partial charge on any atom is 0.268 e. The third kappa shape index (κ3) is 3.82. The Bertz CT molecular complexity index is 596. The Labute approximate surface area is 119 Å². The van der Waals surface area contributed by atoms with Crippen molar-refractivity contribution < 1.29 is 4.74 Å². The van der Waals surface area contributed by atoms with Gasteiger partial charge in [-0.15, -0.1) is 0 Å². The monoisotopic (exact) mass is 323 g/mol. The highest BCUT2D eigenvalue weighted by molar-refractivity contribution is 9.10. The largest absolute Gasteiger partial charge is 0.492 e. The molecule has 6 heteroatoms. The van der Waals surface area contributed by atoms with Crippen LogP contribution in [0.5, 0.6) is 5.75 Å². The molecule has 0 aliphatic heterocycles. The SMILES string of the molecule is CNc1cnn(CCOc2ccc(Br)cc2)c(=O)c1. The van der Waals surface area contributed by atoms with Crippen molar-refractivity contribution in [1.29, 1.82) is 0 Å². The number of halogens is 1. The van der Waals surface area contributed by atoms with E-state index >= 15 is 0 Å². The Morgan fingerprint density at radius 2 is 2.11 bits per heavy atom. The van der Waals surface area contributed by atoms with Gasteiger partial charge in [0.25, 0.3) is 5.56 Å². The Morgan fingerprint density at radius 1 is 1.37 bits per heavy atom. The summed E-state index contributed by atoms with van der Waals surface area (Å²) in [5.41, 5.74) is 0.557. The molecule has 0 amide bonds. The first-order valence-corrected chi connectivity index (χ1v) is 6.61. The van der Waals surface area contributed by atoms with Crippen molar-refractivity contribution in [2.45, 2.75) is 6.54 Å². The zero-order chi connectivity index (χ0) is 13.7. The van der Waals surface area contributed by atoms with Gasteiger partial charge in [0.2, 0.25) is 0 Å². The summed E-state index contributed by atoms with van der Waals surface area (Å²) >= 11 is 3.36. The molecule has 0 aliphatic carbocycles. The van der Waals surface area contributed by atoms with Crippen molar-refractivity contribution in [1.82, 2.24) is 9.78 Å². The predicted molar refractivity (Wildman–Crippen MR) is 77.7 cm³/mol. The van der Waals surface area contributed by atoms with E-state index in [2.05, 4.69) is 26.3 Å². The van der Waals surface area contributed by atoms with Gasteiger partial charge in [-0.25, -0.2) is 4.68 Å². The van der Waals surface area contributed by atoms with E-state index in [0.29, 0.717) is 18.8 Å². The number of rotatable bonds is 5. The van der Waals surface area contributed by atoms with Crippen LogP contribution in [-0.2, 0) is 6.54 Å². The van der Waals surface area contributed by atoms with E-state index in [1.54, 1.807) is 13.2 Å². The summed E-state index contributed by atoms with van der Waals surface area (Å²) in [5.74, 6) is 0.767. The fourth-order valence-electron chi connectivity index (χ4n) is 1.52. The van der Waals surface area contributed by atoms with E-state index in [1.807, 2.05) is 24.3 Å². The Kier molecular flexibility index (Phi) is 4.57. The van der Waals surface area contributed by atoms with Crippen LogP contribution in [0.25, 0.3) is 0 Å². The molecule has 0 aliphatic rings. The van der Waals surface area contributed by atoms with Crippen molar-refractivity contribution in [3.05, 3.63) is 51.4 Å². The second-order valence-electron chi connectivity index (χ2n) is 3.86. The molecule has 0 saturated heterocycles. The number of hydrogen-bond acceptors (Lipinski definition) is 4. The van der Waals surface area contributed by atoms with Gasteiger partial charge >= 0.3 is 0 Å². The van der Waals surface area contributed by atoms with E-state index < -0.39 is 0 Å². The van der Waals surface area contributed by atoms with E-state index in [-0.39, 0.29) is 5.56 Å². The number of nitrogens with zero attached hydrogens (tertiary/aromatic N) is 2. The van der Waals surface area contributed by atoms with E-state index in [0.717, 1.165) is 10.2 Å². The third-order valence-corrected chi connectivity index (χ3v) is 3.07. The summed E-state index contributed by atoms with van der Waals surface area (Å²) in [6.45, 7) is 0.812. The standard InChI is InChI=1S/C13H14BrN3O2/c1-15-11-8-13(18)17(16-9-11)6-7-19-12-4-2-10(14)3-5-12/h2-5,8-9,15H,6-7H2,1H3. The van der Waals surface area contributed by atoms with Crippen LogP contribution in [0.4, 0.5) is 5.69 Å². The number of nitrogens with one attached hydrogen (secondary N) is 1. The van der Waals surface area contributed by atoms with Gasteiger partial charge in [0, 0.05) is 17.6 Å². The summed E-state index contributed by atoms with van der Waals surface area (Å²) in [7, 11) is 1.75. The predicted octanol–water partition coefficient (Wildman–Crippen LogP) is 2.13. The number of ether oxygens (including phenoxy) is 1. The minimum atomic E-state index is -0.147. The second kappa shape index (κ2) is 6.38. The van der Waals surface area contributed by atoms with Crippen LogP contribution >= 0.6 is 15.9 Å². The third-order valence-electron chi connectivity index (χ3n) is 2.54. The second-order valence-corrected chi connectivity index (χ2v) is 4.77. The number of anilines is 1. The van der Waals surface area contributed by atoms with E-state index in [9.17, 15) is 4.79 Å². The lowest BCUT2D eigenvalue weighted by Gasteiger charge is -2.08. The van der Waals surface area contributed by atoms with Gasteiger partial charge in [0.15, 0.2) is 0 Å². The van der Waals surface area contributed by atoms with Crippen molar-refractivity contribution in [2.24, 2.45) is 0 Å². The number of aromatic nitrogens is 2. The molecule has 0 spiro atoms. The van der Waals surface area contributed by atoms with Crippen LogP contribution in [0.1, 0.15) is 0 Å². The minimum Gasteiger partial charge on any atom is -0.492 e. The molecule has 0 bridgehead atoms. The van der Waals surface area contributed by atoms with Gasteiger partial charge in [0.05, 0.1) is 18.4 Å². The summed E-state index contributed by atoms with van der Waals surface area (Å²) < 4.78 is 7.92. The van der Waals surface area contributed by atoms with Gasteiger partial charge in [0.1, 0.15) is 12.4 Å². The van der Waals surface area contributed by atoms with Crippen molar-refractivity contribution >= 4 is 21.6 Å². The smallest absolute Gasteiger partial charge is 0.268 e. The molecule has 100 valence electrons. The van der Waals surface area contributed by atoms with Crippen LogP contribution in [0.15, 0.2) is 45.8 Å². The van der Waals surface area contributed by atoms with Crippen LogP contribution in [0.2, 0.25) is 0 Å². The highest BCUT2D eigenvalue weighted by Gasteiger charge is 2.00. The van der Waals surface area contributed by atoms with E-state index in [1.165, 1.54) is 10.7 Å². The Balaban J connectivity index is 1.92. The van der Waals surface area contributed by atoms with Crippen LogP contribution in [-0.4, -0.2) is 23.4 Å². The van der Waals surface area contributed by atoms with Gasteiger partial charge < -0.3 is 10.1 Å². The molecule has 0 saturated carbocycles. The van der Waals surface area contributed by atoms with E-state index in [4.69, 9.17) is 4.74 Å². The van der Waals surface area contributed by atoms with Crippen LogP contribution in [0, 0.1) is 0 Å². The first-order valence-electron chi connectivity index (χ1n) is 5.82. The first kappa shape index (κ1) is 13.6. The number of benzene rings is 1. The normalized spacial score (nSPS) is 10.2. The summed E-state index contributed by atoms with van der Waals surface area (Å²) in [6, 6.07) is 9.05. The fraction of sp³-hybridized carbons (Fsp3) is 0.231. The lowest BCUT2D eigenvalue weighted by atomic mass is 10.3. The zero-order valence-electron chi connectivity index (χ0n) is 10.5. The topological polar surface area (TPSA) is 56.1 Å². The molecule has 1 aromatic carbocycles. The highest BCUT2D eigenvalue weighted by atomic mass is 79.9. The molecule has 0 radical (unpaired) electrons. The molecular weight excluding hydrogens is 310 g/mol. The number of hydrogen-bond donors (Lipinski definition) is 1. The first-order chi connectivity index (χ1) is 9.19. The van der Waals surface area contributed by atoms with Crippen LogP contribution in [0.3, 0.4) is 0 Å². The Morgan fingerprint density at radius 3 is 2.74 bits per heavy atom. The summed E-state index contributed by atoms with van der Waals surface area (Å²) in [6.07, 6.45) is 1.61. The lowest BCUT2D eigenvalue weighted by molar-refractivity contribution is 0.288. The summed E-state index contributed by atoms with van der Waals surface area (Å²) in [4.78, 5) is 11.7. The van der Waals surface area contributed by atoms with Crippen LogP contribution < -0.4 is 15.6 Å². The maximum atomic E-state index is 11.7. The lowest BCUT2D eigenvalue weighted by Crippen LogP contribution is -2.25. The van der Waals surface area contributed by atoms with Crippen molar-refractivity contribution in [3.63, 3.8) is 0 Å². The molecule has 5 nitrogen and oxygen atoms in total. The zero-order valence-corrected chi connectivity index (χ0v) is 12.1. The average Bonchev–Trinajstić information content (AvgIpc) is 2.42. The molecule has 19 heavy (non-hydrogen) atoms. The molecule has 0 fully saturated rings. The molecule has 2 rings (SSSR count). The van der Waals surface area contributed by atoms with Gasteiger partial charge in [-0.2, -0.15) is 5.10 Å². The van der Waals surface area contributed by atoms with Crippen molar-refractivity contribution in [3.8, 4) is 5.75 Å². The quantitative estimate of drug-likeness (QED) is 0.915. The molecule has 2 aromatic rings. The highest BCUT2D eigenvalue weighted by Crippen LogP contribution is 2.15. The minimum absolute atomic E-state index is 0.147. The molecule has 1 heterocycles. The molecule has 0 unspecified atom stereocenters. The Hall–Kier alpha value is -1.82. The molecular formula is C13H14BrN3O2. The maximum absolute atomic E-state index is 11.7. The van der Waals surface area contributed by atoms with Gasteiger partial charge in [-0.3, -0.25) is 4.79 Å². The molecule has 1 aromatic heterocycles.